The number of benzene rings is 1. The minimum atomic E-state index is -5.31. The summed E-state index contributed by atoms with van der Waals surface area (Å²) in [5, 5.41) is 12.5. The number of ether oxygens (including phenoxy) is 3. The number of nitrogens with one attached hydrogen (secondary N) is 2. The Balaban J connectivity index is 1.91. The van der Waals surface area contributed by atoms with Crippen molar-refractivity contribution in [1.82, 2.24) is 14.9 Å². The lowest BCUT2D eigenvalue weighted by Gasteiger charge is -2.25. The average Bonchev–Trinajstić information content (AvgIpc) is 3.13. The second kappa shape index (κ2) is 10.9. The van der Waals surface area contributed by atoms with Gasteiger partial charge in [0, 0.05) is 31.3 Å². The van der Waals surface area contributed by atoms with Crippen molar-refractivity contribution in [1.29, 1.82) is 0 Å². The summed E-state index contributed by atoms with van der Waals surface area (Å²) in [4.78, 5) is 59.8. The Morgan fingerprint density at radius 2 is 1.89 bits per heavy atom. The highest BCUT2D eigenvalue weighted by Gasteiger charge is 2.52. The van der Waals surface area contributed by atoms with Gasteiger partial charge < -0.3 is 19.5 Å². The molecular weight excluding hydrogens is 529 g/mol. The van der Waals surface area contributed by atoms with Crippen LogP contribution in [0.1, 0.15) is 23.5 Å². The Morgan fingerprint density at radius 3 is 2.43 bits per heavy atom. The maximum Gasteiger partial charge on any atom is 0.471 e. The molecule has 2 heterocycles. The molecule has 1 saturated heterocycles. The number of nitrogens with zero attached hydrogens (tertiary/aromatic N) is 2. The first kappa shape index (κ1) is 27.5. The molecule has 1 amide bonds. The quantitative estimate of drug-likeness (QED) is 0.225. The Labute approximate surface area is 209 Å². The number of carbonyl (C=O) groups excluding carboxylic acids is 3. The van der Waals surface area contributed by atoms with Crippen molar-refractivity contribution in [2.75, 3.05) is 6.61 Å². The van der Waals surface area contributed by atoms with Gasteiger partial charge in [0.05, 0.1) is 10.5 Å². The van der Waals surface area contributed by atoms with Gasteiger partial charge in [-0.2, -0.15) is 13.2 Å². The van der Waals surface area contributed by atoms with Crippen LogP contribution in [0.25, 0.3) is 0 Å². The van der Waals surface area contributed by atoms with E-state index in [0.717, 1.165) is 48.0 Å². The molecule has 0 radical (unpaired) electrons. The van der Waals surface area contributed by atoms with E-state index in [-0.39, 0.29) is 16.0 Å². The summed E-state index contributed by atoms with van der Waals surface area (Å²) in [5.41, 5.74) is -1.01. The summed E-state index contributed by atoms with van der Waals surface area (Å²) < 4.78 is 55.8. The second-order valence-electron chi connectivity index (χ2n) is 7.56. The minimum Gasteiger partial charge on any atom is -0.459 e. The van der Waals surface area contributed by atoms with E-state index < -0.39 is 65.6 Å². The molecule has 2 N–H and O–H groups in total. The van der Waals surface area contributed by atoms with E-state index in [2.05, 4.69) is 4.98 Å². The van der Waals surface area contributed by atoms with Crippen LogP contribution in [0.2, 0.25) is 0 Å². The summed E-state index contributed by atoms with van der Waals surface area (Å²) >= 11 is 5.05. The summed E-state index contributed by atoms with van der Waals surface area (Å²) in [6.07, 6.45) is -8.69. The van der Waals surface area contributed by atoms with Crippen molar-refractivity contribution < 1.29 is 46.7 Å². The first-order valence-electron chi connectivity index (χ1n) is 10.2. The molecule has 1 fully saturated rings. The lowest BCUT2D eigenvalue weighted by atomic mass is 10.1. The fourth-order valence-corrected chi connectivity index (χ4v) is 3.68. The smallest absolute Gasteiger partial charge is 0.459 e. The third kappa shape index (κ3) is 6.56. The Bertz CT molecular complexity index is 1330. The molecule has 1 aliphatic heterocycles. The van der Waals surface area contributed by atoms with E-state index in [0.29, 0.717) is 0 Å². The normalized spacial score (nSPS) is 21.2. The monoisotopic (exact) mass is 546 g/mol. The zero-order chi connectivity index (χ0) is 27.5. The van der Waals surface area contributed by atoms with Gasteiger partial charge in [0.2, 0.25) is 0 Å². The predicted octanol–water partition coefficient (Wildman–Crippen LogP) is 1.55. The number of nitro benzene ring substituents is 1. The Hall–Kier alpha value is -4.12. The van der Waals surface area contributed by atoms with Gasteiger partial charge in [-0.05, 0) is 24.4 Å². The highest BCUT2D eigenvalue weighted by Crippen LogP contribution is 2.33. The summed E-state index contributed by atoms with van der Waals surface area (Å²) in [7, 11) is 0. The van der Waals surface area contributed by atoms with Crippen LogP contribution in [0.4, 0.5) is 18.9 Å². The van der Waals surface area contributed by atoms with Gasteiger partial charge >= 0.3 is 24.0 Å². The Morgan fingerprint density at radius 1 is 1.24 bits per heavy atom. The lowest BCUT2D eigenvalue weighted by molar-refractivity contribution is -0.384. The van der Waals surface area contributed by atoms with Crippen LogP contribution in [0.15, 0.2) is 41.3 Å². The van der Waals surface area contributed by atoms with Crippen LogP contribution in [-0.2, 0) is 23.8 Å². The maximum absolute atomic E-state index is 13.0. The molecule has 13 nitrogen and oxygen atoms in total. The van der Waals surface area contributed by atoms with Crippen LogP contribution in [0, 0.1) is 14.9 Å². The summed E-state index contributed by atoms with van der Waals surface area (Å²) in [5.74, 6) is -4.33. The minimum absolute atomic E-state index is 0.115. The number of nitro groups is 1. The van der Waals surface area contributed by atoms with E-state index in [1.54, 1.807) is 5.32 Å². The number of H-pyrrole nitrogens is 1. The number of rotatable bonds is 7. The van der Waals surface area contributed by atoms with Crippen molar-refractivity contribution in [3.63, 3.8) is 0 Å². The van der Waals surface area contributed by atoms with Crippen LogP contribution in [0.5, 0.6) is 0 Å². The second-order valence-corrected chi connectivity index (χ2v) is 7.94. The number of amides is 1. The number of non-ortho nitro benzene ring substituents is 1. The molecule has 17 heteroatoms. The van der Waals surface area contributed by atoms with Gasteiger partial charge in [0.25, 0.3) is 11.2 Å². The standard InChI is InChI=1S/C20H17F3N4O9S/c1-9(28)35-15-14(25-18(31)20(21,22)23)12(36-16(15)26-7-6-13(29)24-19(26)37)8-34-17(30)10-2-4-11(5-3-10)27(32)33/h2-7,12,14-16H,8H2,1H3,(H,25,31)(H,24,29,37)/t12-,14-,15-,16-/m1/s1. The molecule has 2 aromatic rings. The third-order valence-electron chi connectivity index (χ3n) is 5.02. The van der Waals surface area contributed by atoms with Crippen LogP contribution in [0.3, 0.4) is 0 Å². The van der Waals surface area contributed by atoms with E-state index in [1.807, 2.05) is 0 Å². The zero-order valence-corrected chi connectivity index (χ0v) is 19.4. The molecule has 0 aliphatic carbocycles. The van der Waals surface area contributed by atoms with E-state index in [9.17, 15) is 42.5 Å². The predicted molar refractivity (Wildman–Crippen MR) is 117 cm³/mol. The topological polar surface area (TPSA) is 172 Å². The van der Waals surface area contributed by atoms with E-state index in [4.69, 9.17) is 26.4 Å². The number of esters is 2. The van der Waals surface area contributed by atoms with Crippen LogP contribution in [-0.4, -0.2) is 63.4 Å². The number of hydrogen-bond donors (Lipinski definition) is 2. The molecule has 4 atom stereocenters. The van der Waals surface area contributed by atoms with E-state index >= 15 is 0 Å². The molecule has 198 valence electrons. The molecule has 3 rings (SSSR count). The highest BCUT2D eigenvalue weighted by atomic mass is 32.1. The number of aromatic nitrogens is 2. The van der Waals surface area contributed by atoms with Gasteiger partial charge in [-0.25, -0.2) is 4.79 Å². The van der Waals surface area contributed by atoms with Gasteiger partial charge in [0.15, 0.2) is 17.1 Å². The van der Waals surface area contributed by atoms with Crippen molar-refractivity contribution in [3.8, 4) is 0 Å². The molecule has 1 aliphatic rings. The number of halogens is 3. The van der Waals surface area contributed by atoms with E-state index in [1.165, 1.54) is 0 Å². The third-order valence-corrected chi connectivity index (χ3v) is 5.34. The van der Waals surface area contributed by atoms with Crippen LogP contribution < -0.4 is 10.9 Å². The molecule has 0 spiro atoms. The summed E-state index contributed by atoms with van der Waals surface area (Å²) in [6.45, 7) is 0.233. The molecule has 0 bridgehead atoms. The molecule has 37 heavy (non-hydrogen) atoms. The number of alkyl halides is 3. The molecule has 0 unspecified atom stereocenters. The number of carbonyl (C=O) groups is 3. The van der Waals surface area contributed by atoms with Crippen molar-refractivity contribution >= 4 is 35.8 Å². The highest BCUT2D eigenvalue weighted by molar-refractivity contribution is 7.71. The molecule has 1 aromatic carbocycles. The Kier molecular flexibility index (Phi) is 8.07. The summed E-state index contributed by atoms with van der Waals surface area (Å²) in [6, 6.07) is 3.63. The first-order valence-corrected chi connectivity index (χ1v) is 10.6. The fourth-order valence-electron chi connectivity index (χ4n) is 3.42. The maximum atomic E-state index is 13.0. The van der Waals surface area contributed by atoms with Gasteiger partial charge in [0.1, 0.15) is 18.8 Å². The van der Waals surface area contributed by atoms with Crippen molar-refractivity contribution in [3.05, 3.63) is 67.3 Å². The van der Waals surface area contributed by atoms with Gasteiger partial charge in [-0.15, -0.1) is 0 Å². The fraction of sp³-hybridized carbons (Fsp3) is 0.350. The number of hydrogen-bond acceptors (Lipinski definition) is 10. The van der Waals surface area contributed by atoms with Crippen molar-refractivity contribution in [2.45, 2.75) is 37.6 Å². The first-order chi connectivity index (χ1) is 17.3. The van der Waals surface area contributed by atoms with Gasteiger partial charge in [-0.1, -0.05) is 0 Å². The largest absolute Gasteiger partial charge is 0.471 e. The lowest BCUT2D eigenvalue weighted by Crippen LogP contribution is -2.53. The zero-order valence-electron chi connectivity index (χ0n) is 18.6. The molecule has 1 aromatic heterocycles. The van der Waals surface area contributed by atoms with Crippen molar-refractivity contribution in [2.24, 2.45) is 0 Å². The molecule has 0 saturated carbocycles. The SMILES string of the molecule is CC(=O)O[C@@H]1[C@H](NC(=O)C(F)(F)F)[C@@H](COC(=O)c2ccc([N+](=O)[O-])cc2)O[C@H]1n1ccc(=O)[nH]c1=S. The van der Waals surface area contributed by atoms with Crippen LogP contribution >= 0.6 is 12.2 Å². The number of aromatic amines is 1. The average molecular weight is 546 g/mol. The molecular formula is C20H17F3N4O9S. The van der Waals surface area contributed by atoms with Gasteiger partial charge in [-0.3, -0.25) is 34.0 Å².